The SMILES string of the molecule is CC[C@H](N)c1ccc(OCC(C)(O)C(C)C)cc1. The first-order valence-electron chi connectivity index (χ1n) is 6.57. The van der Waals surface area contributed by atoms with Gasteiger partial charge < -0.3 is 15.6 Å². The first-order valence-corrected chi connectivity index (χ1v) is 6.57. The highest BCUT2D eigenvalue weighted by Crippen LogP contribution is 2.21. The number of aliphatic hydroxyl groups is 1. The van der Waals surface area contributed by atoms with Crippen LogP contribution in [0.15, 0.2) is 24.3 Å². The molecule has 1 aromatic carbocycles. The molecule has 3 heteroatoms. The number of nitrogens with two attached hydrogens (primary N) is 1. The molecule has 0 radical (unpaired) electrons. The van der Waals surface area contributed by atoms with Gasteiger partial charge in [0.15, 0.2) is 0 Å². The first kappa shape index (κ1) is 15.0. The van der Waals surface area contributed by atoms with Crippen molar-refractivity contribution >= 4 is 0 Å². The molecular weight excluding hydrogens is 226 g/mol. The van der Waals surface area contributed by atoms with Gasteiger partial charge in [0.25, 0.3) is 0 Å². The molecule has 3 N–H and O–H groups in total. The minimum atomic E-state index is -0.807. The molecule has 1 aromatic rings. The lowest BCUT2D eigenvalue weighted by Crippen LogP contribution is -2.37. The van der Waals surface area contributed by atoms with E-state index in [0.29, 0.717) is 6.61 Å². The zero-order valence-electron chi connectivity index (χ0n) is 11.8. The van der Waals surface area contributed by atoms with Crippen molar-refractivity contribution < 1.29 is 9.84 Å². The lowest BCUT2D eigenvalue weighted by atomic mass is 9.94. The molecule has 18 heavy (non-hydrogen) atoms. The molecular formula is C15H25NO2. The number of benzene rings is 1. The van der Waals surface area contributed by atoms with Crippen LogP contribution in [0.5, 0.6) is 5.75 Å². The molecule has 0 spiro atoms. The quantitative estimate of drug-likeness (QED) is 0.817. The molecule has 2 atom stereocenters. The smallest absolute Gasteiger partial charge is 0.119 e. The minimum Gasteiger partial charge on any atom is -0.491 e. The Bertz CT molecular complexity index is 357. The predicted molar refractivity (Wildman–Crippen MR) is 74.6 cm³/mol. The van der Waals surface area contributed by atoms with Crippen molar-refractivity contribution in [1.82, 2.24) is 0 Å². The van der Waals surface area contributed by atoms with Gasteiger partial charge in [-0.3, -0.25) is 0 Å². The van der Waals surface area contributed by atoms with Gasteiger partial charge in [-0.15, -0.1) is 0 Å². The Balaban J connectivity index is 2.59. The number of hydrogen-bond acceptors (Lipinski definition) is 3. The number of rotatable bonds is 6. The molecule has 0 bridgehead atoms. The van der Waals surface area contributed by atoms with Crippen LogP contribution in [0.2, 0.25) is 0 Å². The maximum absolute atomic E-state index is 10.1. The second-order valence-corrected chi connectivity index (χ2v) is 5.38. The highest BCUT2D eigenvalue weighted by atomic mass is 16.5. The van der Waals surface area contributed by atoms with Gasteiger partial charge in [0, 0.05) is 6.04 Å². The third kappa shape index (κ3) is 4.00. The Kier molecular flexibility index (Phi) is 5.17. The van der Waals surface area contributed by atoms with Crippen molar-refractivity contribution in [3.05, 3.63) is 29.8 Å². The van der Waals surface area contributed by atoms with Crippen molar-refractivity contribution in [2.24, 2.45) is 11.7 Å². The van der Waals surface area contributed by atoms with E-state index in [2.05, 4.69) is 6.92 Å². The summed E-state index contributed by atoms with van der Waals surface area (Å²) in [7, 11) is 0. The fourth-order valence-electron chi connectivity index (χ4n) is 1.44. The van der Waals surface area contributed by atoms with Gasteiger partial charge in [-0.25, -0.2) is 0 Å². The molecule has 0 saturated carbocycles. The van der Waals surface area contributed by atoms with Crippen molar-refractivity contribution in [2.75, 3.05) is 6.61 Å². The Labute approximate surface area is 110 Å². The number of hydrogen-bond donors (Lipinski definition) is 2. The van der Waals surface area contributed by atoms with Crippen molar-refractivity contribution in [2.45, 2.75) is 45.8 Å². The van der Waals surface area contributed by atoms with Gasteiger partial charge in [0.2, 0.25) is 0 Å². The molecule has 102 valence electrons. The summed E-state index contributed by atoms with van der Waals surface area (Å²) < 4.78 is 5.61. The van der Waals surface area contributed by atoms with Crippen molar-refractivity contribution in [3.8, 4) is 5.75 Å². The molecule has 0 aliphatic carbocycles. The van der Waals surface area contributed by atoms with Gasteiger partial charge in [0.05, 0.1) is 5.60 Å². The van der Waals surface area contributed by atoms with Crippen LogP contribution in [0.25, 0.3) is 0 Å². The molecule has 0 aromatic heterocycles. The third-order valence-corrected chi connectivity index (χ3v) is 3.52. The average Bonchev–Trinajstić information content (AvgIpc) is 2.36. The van der Waals surface area contributed by atoms with E-state index in [1.165, 1.54) is 0 Å². The van der Waals surface area contributed by atoms with Gasteiger partial charge in [-0.05, 0) is 37.0 Å². The topological polar surface area (TPSA) is 55.5 Å². The predicted octanol–water partition coefficient (Wildman–Crippen LogP) is 2.88. The lowest BCUT2D eigenvalue weighted by molar-refractivity contribution is -0.0266. The fourth-order valence-corrected chi connectivity index (χ4v) is 1.44. The highest BCUT2D eigenvalue weighted by molar-refractivity contribution is 5.29. The second-order valence-electron chi connectivity index (χ2n) is 5.38. The van der Waals surface area contributed by atoms with E-state index in [9.17, 15) is 5.11 Å². The molecule has 0 aliphatic rings. The van der Waals surface area contributed by atoms with Crippen LogP contribution in [0.3, 0.4) is 0 Å². The normalized spacial score (nSPS) is 16.4. The van der Waals surface area contributed by atoms with E-state index < -0.39 is 5.60 Å². The fraction of sp³-hybridized carbons (Fsp3) is 0.600. The van der Waals surface area contributed by atoms with E-state index in [-0.39, 0.29) is 12.0 Å². The average molecular weight is 251 g/mol. The monoisotopic (exact) mass is 251 g/mol. The zero-order chi connectivity index (χ0) is 13.8. The van der Waals surface area contributed by atoms with Crippen LogP contribution in [-0.4, -0.2) is 17.3 Å². The summed E-state index contributed by atoms with van der Waals surface area (Å²) in [6, 6.07) is 7.85. The van der Waals surface area contributed by atoms with Crippen molar-refractivity contribution in [1.29, 1.82) is 0 Å². The van der Waals surface area contributed by atoms with Gasteiger partial charge >= 0.3 is 0 Å². The highest BCUT2D eigenvalue weighted by Gasteiger charge is 2.25. The van der Waals surface area contributed by atoms with E-state index >= 15 is 0 Å². The van der Waals surface area contributed by atoms with E-state index in [4.69, 9.17) is 10.5 Å². The van der Waals surface area contributed by atoms with Gasteiger partial charge in [-0.1, -0.05) is 32.9 Å². The minimum absolute atomic E-state index is 0.0813. The summed E-state index contributed by atoms with van der Waals surface area (Å²) in [6.07, 6.45) is 0.919. The van der Waals surface area contributed by atoms with E-state index in [0.717, 1.165) is 17.7 Å². The van der Waals surface area contributed by atoms with Crippen molar-refractivity contribution in [3.63, 3.8) is 0 Å². The standard InChI is InChI=1S/C15H25NO2/c1-5-14(16)12-6-8-13(9-7-12)18-10-15(4,17)11(2)3/h6-9,11,14,17H,5,10,16H2,1-4H3/t14-,15?/m0/s1. The summed E-state index contributed by atoms with van der Waals surface area (Å²) in [5.41, 5.74) is 6.25. The summed E-state index contributed by atoms with van der Waals surface area (Å²) in [5.74, 6) is 0.924. The molecule has 0 heterocycles. The summed E-state index contributed by atoms with van der Waals surface area (Å²) >= 11 is 0. The van der Waals surface area contributed by atoms with Crippen LogP contribution >= 0.6 is 0 Å². The van der Waals surface area contributed by atoms with Crippen LogP contribution in [0, 0.1) is 5.92 Å². The van der Waals surface area contributed by atoms with Crippen LogP contribution in [0.4, 0.5) is 0 Å². The Hall–Kier alpha value is -1.06. The van der Waals surface area contributed by atoms with Gasteiger partial charge in [-0.2, -0.15) is 0 Å². The first-order chi connectivity index (χ1) is 8.36. The maximum atomic E-state index is 10.1. The number of ether oxygens (including phenoxy) is 1. The summed E-state index contributed by atoms with van der Waals surface area (Å²) in [4.78, 5) is 0. The largest absolute Gasteiger partial charge is 0.491 e. The molecule has 3 nitrogen and oxygen atoms in total. The molecule has 0 aliphatic heterocycles. The third-order valence-electron chi connectivity index (χ3n) is 3.52. The lowest BCUT2D eigenvalue weighted by Gasteiger charge is -2.27. The summed E-state index contributed by atoms with van der Waals surface area (Å²) in [5, 5.41) is 10.1. The maximum Gasteiger partial charge on any atom is 0.119 e. The summed E-state index contributed by atoms with van der Waals surface area (Å²) in [6.45, 7) is 8.11. The molecule has 0 fully saturated rings. The second kappa shape index (κ2) is 6.21. The van der Waals surface area contributed by atoms with Crippen LogP contribution in [-0.2, 0) is 0 Å². The Morgan fingerprint density at radius 3 is 2.28 bits per heavy atom. The Morgan fingerprint density at radius 1 is 1.28 bits per heavy atom. The van der Waals surface area contributed by atoms with E-state index in [1.807, 2.05) is 38.1 Å². The molecule has 1 unspecified atom stereocenters. The van der Waals surface area contributed by atoms with Crippen LogP contribution < -0.4 is 10.5 Å². The molecule has 0 amide bonds. The molecule has 0 saturated heterocycles. The van der Waals surface area contributed by atoms with Crippen LogP contribution in [0.1, 0.15) is 45.7 Å². The zero-order valence-corrected chi connectivity index (χ0v) is 11.8. The Morgan fingerprint density at radius 2 is 1.83 bits per heavy atom. The van der Waals surface area contributed by atoms with Gasteiger partial charge in [0.1, 0.15) is 12.4 Å². The van der Waals surface area contributed by atoms with E-state index in [1.54, 1.807) is 6.92 Å². The molecule has 1 rings (SSSR count).